The van der Waals surface area contributed by atoms with E-state index >= 15 is 0 Å². The quantitative estimate of drug-likeness (QED) is 0.867. The smallest absolute Gasteiger partial charge is 0.123 e. The number of hydrogen-bond donors (Lipinski definition) is 2. The second kappa shape index (κ2) is 6.06. The summed E-state index contributed by atoms with van der Waals surface area (Å²) in [7, 11) is 0. The number of rotatable bonds is 5. The molecule has 0 heterocycles. The van der Waals surface area contributed by atoms with Gasteiger partial charge < -0.3 is 10.4 Å². The van der Waals surface area contributed by atoms with E-state index in [2.05, 4.69) is 5.32 Å². The molecule has 2 aromatic carbocycles. The maximum absolute atomic E-state index is 13.5. The Morgan fingerprint density at radius 1 is 1.15 bits per heavy atom. The predicted octanol–water partition coefficient (Wildman–Crippen LogP) is 3.84. The van der Waals surface area contributed by atoms with Gasteiger partial charge in [-0.3, -0.25) is 0 Å². The third kappa shape index (κ3) is 2.99. The summed E-state index contributed by atoms with van der Waals surface area (Å²) in [6, 6.07) is 14.3. The monoisotopic (exact) mass is 273 g/mol. The van der Waals surface area contributed by atoms with Crippen molar-refractivity contribution in [3.05, 3.63) is 65.5 Å². The number of nitrogens with one attached hydrogen (secondary N) is 1. The van der Waals surface area contributed by atoms with Crippen molar-refractivity contribution in [1.82, 2.24) is 0 Å². The lowest BCUT2D eigenvalue weighted by atomic mass is 9.87. The van der Waals surface area contributed by atoms with Crippen LogP contribution in [0, 0.1) is 12.7 Å². The second-order valence-corrected chi connectivity index (χ2v) is 5.10. The average molecular weight is 273 g/mol. The van der Waals surface area contributed by atoms with Crippen molar-refractivity contribution < 1.29 is 9.50 Å². The molecule has 2 nitrogen and oxygen atoms in total. The van der Waals surface area contributed by atoms with E-state index in [4.69, 9.17) is 0 Å². The minimum atomic E-state index is -0.669. The first kappa shape index (κ1) is 14.5. The topological polar surface area (TPSA) is 32.3 Å². The van der Waals surface area contributed by atoms with E-state index in [0.717, 1.165) is 11.3 Å². The Kier molecular flexibility index (Phi) is 4.40. The maximum atomic E-state index is 13.5. The van der Waals surface area contributed by atoms with Crippen LogP contribution < -0.4 is 5.32 Å². The summed E-state index contributed by atoms with van der Waals surface area (Å²) in [6.07, 6.45) is 0.654. The largest absolute Gasteiger partial charge is 0.394 e. The van der Waals surface area contributed by atoms with Crippen molar-refractivity contribution >= 4 is 5.69 Å². The Bertz CT molecular complexity index is 561. The number of aryl methyl sites for hydroxylation is 1. The molecule has 0 radical (unpaired) electrons. The first-order chi connectivity index (χ1) is 9.59. The zero-order valence-electron chi connectivity index (χ0n) is 11.9. The standard InChI is InChI=1S/C17H20FNO/c1-3-17(12-20,14-5-4-6-15(18)11-14)19-16-9-7-13(2)8-10-16/h4-11,19-20H,3,12H2,1-2H3. The van der Waals surface area contributed by atoms with Gasteiger partial charge in [0.1, 0.15) is 5.82 Å². The van der Waals surface area contributed by atoms with Crippen molar-refractivity contribution in [1.29, 1.82) is 0 Å². The van der Waals surface area contributed by atoms with Gasteiger partial charge in [0.25, 0.3) is 0 Å². The molecular weight excluding hydrogens is 253 g/mol. The fraction of sp³-hybridized carbons (Fsp3) is 0.294. The molecule has 20 heavy (non-hydrogen) atoms. The van der Waals surface area contributed by atoms with E-state index in [1.807, 2.05) is 44.2 Å². The summed E-state index contributed by atoms with van der Waals surface area (Å²) in [5, 5.41) is 13.2. The molecule has 3 heteroatoms. The van der Waals surface area contributed by atoms with E-state index in [9.17, 15) is 9.50 Å². The van der Waals surface area contributed by atoms with E-state index < -0.39 is 5.54 Å². The summed E-state index contributed by atoms with van der Waals surface area (Å²) in [5.74, 6) is -0.292. The van der Waals surface area contributed by atoms with E-state index in [0.29, 0.717) is 6.42 Å². The molecule has 106 valence electrons. The summed E-state index contributed by atoms with van der Waals surface area (Å²) in [6.45, 7) is 3.90. The Morgan fingerprint density at radius 3 is 2.40 bits per heavy atom. The molecule has 0 aliphatic heterocycles. The molecule has 2 N–H and O–H groups in total. The molecule has 0 aromatic heterocycles. The molecule has 1 atom stereocenters. The van der Waals surface area contributed by atoms with Crippen molar-refractivity contribution in [2.45, 2.75) is 25.8 Å². The Labute approximate surface area is 119 Å². The van der Waals surface area contributed by atoms with Crippen molar-refractivity contribution in [2.75, 3.05) is 11.9 Å². The molecule has 0 amide bonds. The zero-order valence-corrected chi connectivity index (χ0v) is 11.9. The zero-order chi connectivity index (χ0) is 14.6. The van der Waals surface area contributed by atoms with Crippen LogP contribution in [0.15, 0.2) is 48.5 Å². The fourth-order valence-corrected chi connectivity index (χ4v) is 2.31. The van der Waals surface area contributed by atoms with E-state index in [1.165, 1.54) is 17.7 Å². The van der Waals surface area contributed by atoms with Crippen LogP contribution in [0.25, 0.3) is 0 Å². The van der Waals surface area contributed by atoms with Gasteiger partial charge in [-0.15, -0.1) is 0 Å². The second-order valence-electron chi connectivity index (χ2n) is 5.10. The summed E-state index contributed by atoms with van der Waals surface area (Å²) < 4.78 is 13.5. The summed E-state index contributed by atoms with van der Waals surface area (Å²) in [4.78, 5) is 0. The summed E-state index contributed by atoms with van der Waals surface area (Å²) in [5.41, 5.74) is 2.17. The third-order valence-electron chi connectivity index (χ3n) is 3.69. The molecule has 0 spiro atoms. The normalized spacial score (nSPS) is 13.8. The predicted molar refractivity (Wildman–Crippen MR) is 80.3 cm³/mol. The molecular formula is C17H20FNO. The first-order valence-corrected chi connectivity index (χ1v) is 6.81. The van der Waals surface area contributed by atoms with Gasteiger partial charge in [0, 0.05) is 5.69 Å². The molecule has 0 saturated carbocycles. The van der Waals surface area contributed by atoms with Gasteiger partial charge in [0.2, 0.25) is 0 Å². The van der Waals surface area contributed by atoms with Crippen LogP contribution in [0.1, 0.15) is 24.5 Å². The highest BCUT2D eigenvalue weighted by Crippen LogP contribution is 2.30. The maximum Gasteiger partial charge on any atom is 0.123 e. The lowest BCUT2D eigenvalue weighted by molar-refractivity contribution is 0.207. The number of benzene rings is 2. The van der Waals surface area contributed by atoms with E-state index in [-0.39, 0.29) is 12.4 Å². The van der Waals surface area contributed by atoms with Crippen LogP contribution in [0.4, 0.5) is 10.1 Å². The first-order valence-electron chi connectivity index (χ1n) is 6.81. The molecule has 2 rings (SSSR count). The van der Waals surface area contributed by atoms with Crippen molar-refractivity contribution in [3.8, 4) is 0 Å². The molecule has 0 aliphatic carbocycles. The number of aliphatic hydroxyl groups is 1. The van der Waals surface area contributed by atoms with Gasteiger partial charge in [0.15, 0.2) is 0 Å². The van der Waals surface area contributed by atoms with Gasteiger partial charge in [-0.2, -0.15) is 0 Å². The number of hydrogen-bond acceptors (Lipinski definition) is 2. The minimum Gasteiger partial charge on any atom is -0.394 e. The molecule has 1 unspecified atom stereocenters. The lowest BCUT2D eigenvalue weighted by Crippen LogP contribution is -2.38. The third-order valence-corrected chi connectivity index (χ3v) is 3.69. The minimum absolute atomic E-state index is 0.0964. The number of anilines is 1. The van der Waals surface area contributed by atoms with Gasteiger partial charge in [0.05, 0.1) is 12.1 Å². The summed E-state index contributed by atoms with van der Waals surface area (Å²) >= 11 is 0. The van der Waals surface area contributed by atoms with Crippen LogP contribution in [0.5, 0.6) is 0 Å². The fourth-order valence-electron chi connectivity index (χ4n) is 2.31. The Balaban J connectivity index is 2.36. The number of halogens is 1. The molecule has 0 saturated heterocycles. The number of aliphatic hydroxyl groups excluding tert-OH is 1. The Hall–Kier alpha value is -1.87. The van der Waals surface area contributed by atoms with Gasteiger partial charge in [-0.25, -0.2) is 4.39 Å². The Morgan fingerprint density at radius 2 is 1.85 bits per heavy atom. The van der Waals surface area contributed by atoms with Gasteiger partial charge >= 0.3 is 0 Å². The SMILES string of the molecule is CCC(CO)(Nc1ccc(C)cc1)c1cccc(F)c1. The van der Waals surface area contributed by atoms with Crippen LogP contribution in [0.3, 0.4) is 0 Å². The van der Waals surface area contributed by atoms with Gasteiger partial charge in [-0.1, -0.05) is 36.8 Å². The van der Waals surface area contributed by atoms with E-state index in [1.54, 1.807) is 6.07 Å². The van der Waals surface area contributed by atoms with Crippen LogP contribution >= 0.6 is 0 Å². The highest BCUT2D eigenvalue weighted by molar-refractivity contribution is 5.49. The lowest BCUT2D eigenvalue weighted by Gasteiger charge is -2.33. The molecule has 0 bridgehead atoms. The highest BCUT2D eigenvalue weighted by Gasteiger charge is 2.29. The van der Waals surface area contributed by atoms with Crippen molar-refractivity contribution in [2.24, 2.45) is 0 Å². The van der Waals surface area contributed by atoms with Gasteiger partial charge in [-0.05, 0) is 43.2 Å². The van der Waals surface area contributed by atoms with Crippen molar-refractivity contribution in [3.63, 3.8) is 0 Å². The average Bonchev–Trinajstić information content (AvgIpc) is 2.47. The van der Waals surface area contributed by atoms with Crippen LogP contribution in [-0.2, 0) is 5.54 Å². The molecule has 2 aromatic rings. The highest BCUT2D eigenvalue weighted by atomic mass is 19.1. The van der Waals surface area contributed by atoms with Crippen LogP contribution in [0.2, 0.25) is 0 Å². The molecule has 0 fully saturated rings. The molecule has 0 aliphatic rings. The van der Waals surface area contributed by atoms with Crippen LogP contribution in [-0.4, -0.2) is 11.7 Å².